The Morgan fingerprint density at radius 1 is 1.09 bits per heavy atom. The molecule has 0 saturated heterocycles. The van der Waals surface area contributed by atoms with E-state index in [1.807, 2.05) is 48.5 Å². The molecule has 7 heteroatoms. The molecular formula is C25H29N3O3S. The van der Waals surface area contributed by atoms with Gasteiger partial charge in [0.15, 0.2) is 5.11 Å². The Balaban J connectivity index is 1.65. The number of benzene rings is 2. The van der Waals surface area contributed by atoms with E-state index in [0.717, 1.165) is 40.9 Å². The number of H-pyrrole nitrogens is 1. The monoisotopic (exact) mass is 451 g/mol. The number of nitrogens with zero attached hydrogens (tertiary/aromatic N) is 1. The van der Waals surface area contributed by atoms with E-state index in [9.17, 15) is 4.79 Å². The first-order chi connectivity index (χ1) is 15.6. The highest BCUT2D eigenvalue weighted by Gasteiger charge is 2.25. The van der Waals surface area contributed by atoms with E-state index in [-0.39, 0.29) is 5.56 Å². The molecule has 1 aliphatic rings. The van der Waals surface area contributed by atoms with E-state index in [0.29, 0.717) is 23.3 Å². The Bertz CT molecular complexity index is 1150. The molecular weight excluding hydrogens is 422 g/mol. The molecule has 32 heavy (non-hydrogen) atoms. The minimum Gasteiger partial charge on any atom is -0.497 e. The molecule has 0 atom stereocenters. The Kier molecular flexibility index (Phi) is 6.95. The molecule has 168 valence electrons. The number of anilines is 1. The van der Waals surface area contributed by atoms with Crippen molar-refractivity contribution in [3.8, 4) is 11.5 Å². The van der Waals surface area contributed by atoms with Crippen LogP contribution < -0.4 is 20.3 Å². The maximum atomic E-state index is 12.9. The van der Waals surface area contributed by atoms with Gasteiger partial charge in [-0.15, -0.1) is 0 Å². The van der Waals surface area contributed by atoms with E-state index < -0.39 is 0 Å². The van der Waals surface area contributed by atoms with Crippen LogP contribution in [-0.2, 0) is 6.54 Å². The average Bonchev–Trinajstić information content (AvgIpc) is 2.83. The molecule has 0 bridgehead atoms. The summed E-state index contributed by atoms with van der Waals surface area (Å²) in [6.07, 6.45) is 5.71. The maximum Gasteiger partial charge on any atom is 0.253 e. The van der Waals surface area contributed by atoms with Crippen molar-refractivity contribution in [3.05, 3.63) is 64.4 Å². The number of methoxy groups -OCH3 is 2. The number of hydrogen-bond acceptors (Lipinski definition) is 4. The second-order valence-corrected chi connectivity index (χ2v) is 8.51. The minimum atomic E-state index is -0.0939. The zero-order valence-electron chi connectivity index (χ0n) is 18.5. The van der Waals surface area contributed by atoms with Gasteiger partial charge in [0.1, 0.15) is 11.5 Å². The molecule has 1 fully saturated rings. The van der Waals surface area contributed by atoms with Crippen LogP contribution in [-0.4, -0.2) is 35.3 Å². The highest BCUT2D eigenvalue weighted by atomic mass is 32.1. The van der Waals surface area contributed by atoms with Gasteiger partial charge >= 0.3 is 0 Å². The van der Waals surface area contributed by atoms with Crippen molar-refractivity contribution in [1.82, 2.24) is 9.88 Å². The molecule has 0 amide bonds. The van der Waals surface area contributed by atoms with Crippen molar-refractivity contribution < 1.29 is 9.47 Å². The van der Waals surface area contributed by atoms with Crippen LogP contribution in [0.5, 0.6) is 11.5 Å². The van der Waals surface area contributed by atoms with Crippen molar-refractivity contribution in [2.75, 3.05) is 19.5 Å². The average molecular weight is 452 g/mol. The van der Waals surface area contributed by atoms with Crippen molar-refractivity contribution in [2.24, 2.45) is 0 Å². The highest BCUT2D eigenvalue weighted by Crippen LogP contribution is 2.28. The molecule has 4 rings (SSSR count). The third kappa shape index (κ3) is 4.88. The molecule has 0 spiro atoms. The van der Waals surface area contributed by atoms with Crippen LogP contribution >= 0.6 is 12.2 Å². The molecule has 3 aromatic rings. The summed E-state index contributed by atoms with van der Waals surface area (Å²) < 4.78 is 10.8. The fourth-order valence-corrected chi connectivity index (χ4v) is 4.68. The van der Waals surface area contributed by atoms with Crippen LogP contribution in [0.3, 0.4) is 0 Å². The van der Waals surface area contributed by atoms with Crippen LogP contribution in [0.15, 0.2) is 53.3 Å². The Morgan fingerprint density at radius 3 is 2.62 bits per heavy atom. The van der Waals surface area contributed by atoms with Gasteiger partial charge in [-0.2, -0.15) is 0 Å². The number of nitrogens with one attached hydrogen (secondary N) is 2. The lowest BCUT2D eigenvalue weighted by molar-refractivity contribution is 0.240. The van der Waals surface area contributed by atoms with E-state index in [4.69, 9.17) is 21.7 Å². The molecule has 0 aliphatic heterocycles. The van der Waals surface area contributed by atoms with Crippen molar-refractivity contribution >= 4 is 33.9 Å². The van der Waals surface area contributed by atoms with E-state index in [2.05, 4.69) is 15.2 Å². The van der Waals surface area contributed by atoms with Gasteiger partial charge in [-0.1, -0.05) is 31.4 Å². The predicted molar refractivity (Wildman–Crippen MR) is 133 cm³/mol. The summed E-state index contributed by atoms with van der Waals surface area (Å²) >= 11 is 5.85. The van der Waals surface area contributed by atoms with Crippen molar-refractivity contribution in [2.45, 2.75) is 44.7 Å². The van der Waals surface area contributed by atoms with Gasteiger partial charge in [-0.05, 0) is 61.5 Å². The van der Waals surface area contributed by atoms with Gasteiger partial charge in [0, 0.05) is 22.5 Å². The zero-order chi connectivity index (χ0) is 22.5. The van der Waals surface area contributed by atoms with Crippen LogP contribution in [0.25, 0.3) is 10.9 Å². The van der Waals surface area contributed by atoms with Gasteiger partial charge < -0.3 is 24.7 Å². The highest BCUT2D eigenvalue weighted by molar-refractivity contribution is 7.80. The fourth-order valence-electron chi connectivity index (χ4n) is 4.35. The van der Waals surface area contributed by atoms with Crippen molar-refractivity contribution in [1.29, 1.82) is 0 Å². The first-order valence-corrected chi connectivity index (χ1v) is 11.4. The third-order valence-electron chi connectivity index (χ3n) is 6.09. The Hall–Kier alpha value is -3.06. The molecule has 1 saturated carbocycles. The standard InChI is InChI=1S/C25H29N3O3S/c1-30-20-12-13-21-17(15-20)14-18(24(29)26-21)16-28(19-8-4-3-5-9-19)25(32)27-22-10-6-7-11-23(22)31-2/h6-7,10-15,19H,3-5,8-9,16H2,1-2H3,(H,26,29)(H,27,32). The first-order valence-electron chi connectivity index (χ1n) is 11.0. The maximum absolute atomic E-state index is 12.9. The molecule has 1 heterocycles. The molecule has 6 nitrogen and oxygen atoms in total. The number of para-hydroxylation sites is 2. The summed E-state index contributed by atoms with van der Waals surface area (Å²) in [6, 6.07) is 15.6. The van der Waals surface area contributed by atoms with Gasteiger partial charge in [-0.25, -0.2) is 0 Å². The Labute approximate surface area is 193 Å². The summed E-state index contributed by atoms with van der Waals surface area (Å²) in [6.45, 7) is 0.439. The lowest BCUT2D eigenvalue weighted by atomic mass is 9.94. The van der Waals surface area contributed by atoms with E-state index in [1.165, 1.54) is 19.3 Å². The van der Waals surface area contributed by atoms with Gasteiger partial charge in [0.2, 0.25) is 0 Å². The Morgan fingerprint density at radius 2 is 1.88 bits per heavy atom. The number of aromatic amines is 1. The number of aromatic nitrogens is 1. The lowest BCUT2D eigenvalue weighted by Gasteiger charge is -2.36. The third-order valence-corrected chi connectivity index (χ3v) is 6.43. The molecule has 0 radical (unpaired) electrons. The summed E-state index contributed by atoms with van der Waals surface area (Å²) in [5.41, 5.74) is 2.19. The van der Waals surface area contributed by atoms with Crippen LogP contribution in [0.2, 0.25) is 0 Å². The quantitative estimate of drug-likeness (QED) is 0.510. The fraction of sp³-hybridized carbons (Fsp3) is 0.360. The van der Waals surface area contributed by atoms with Gasteiger partial charge in [0.25, 0.3) is 5.56 Å². The minimum absolute atomic E-state index is 0.0939. The summed E-state index contributed by atoms with van der Waals surface area (Å²) in [5, 5.41) is 4.89. The predicted octanol–water partition coefficient (Wildman–Crippen LogP) is 5.08. The van der Waals surface area contributed by atoms with Gasteiger partial charge in [0.05, 0.1) is 26.5 Å². The number of fused-ring (bicyclic) bond motifs is 1. The van der Waals surface area contributed by atoms with Crippen LogP contribution in [0, 0.1) is 0 Å². The summed E-state index contributed by atoms with van der Waals surface area (Å²) in [4.78, 5) is 18.1. The second-order valence-electron chi connectivity index (χ2n) is 8.13. The topological polar surface area (TPSA) is 66.6 Å². The van der Waals surface area contributed by atoms with Crippen LogP contribution in [0.1, 0.15) is 37.7 Å². The molecule has 2 N–H and O–H groups in total. The second kappa shape index (κ2) is 10.0. The number of thiocarbonyl (C=S) groups is 1. The normalized spacial score (nSPS) is 14.2. The largest absolute Gasteiger partial charge is 0.497 e. The smallest absolute Gasteiger partial charge is 0.253 e. The van der Waals surface area contributed by atoms with E-state index >= 15 is 0 Å². The van der Waals surface area contributed by atoms with Crippen LogP contribution in [0.4, 0.5) is 5.69 Å². The molecule has 1 aromatic heterocycles. The number of rotatable bonds is 6. The molecule has 2 aromatic carbocycles. The van der Waals surface area contributed by atoms with E-state index in [1.54, 1.807) is 14.2 Å². The summed E-state index contributed by atoms with van der Waals surface area (Å²) in [5.74, 6) is 1.49. The zero-order valence-corrected chi connectivity index (χ0v) is 19.3. The SMILES string of the molecule is COc1ccc2[nH]c(=O)c(CN(C(=S)Nc3ccccc3OC)C3CCCCC3)cc2c1. The molecule has 0 unspecified atom stereocenters. The number of hydrogen-bond donors (Lipinski definition) is 2. The number of ether oxygens (including phenoxy) is 2. The lowest BCUT2D eigenvalue weighted by Crippen LogP contribution is -2.44. The molecule has 1 aliphatic carbocycles. The summed E-state index contributed by atoms with van der Waals surface area (Å²) in [7, 11) is 3.28. The number of pyridine rings is 1. The first kappa shape index (κ1) is 22.1. The van der Waals surface area contributed by atoms with Crippen molar-refractivity contribution in [3.63, 3.8) is 0 Å². The van der Waals surface area contributed by atoms with Gasteiger partial charge in [-0.3, -0.25) is 4.79 Å².